The lowest BCUT2D eigenvalue weighted by molar-refractivity contribution is 0.417. The molecule has 0 saturated heterocycles. The van der Waals surface area contributed by atoms with E-state index < -0.39 is 0 Å². The molecule has 0 bridgehead atoms. The molecule has 0 unspecified atom stereocenters. The molecule has 0 atom stereocenters. The number of nitrogens with zero attached hydrogens (tertiary/aromatic N) is 1. The Morgan fingerprint density at radius 3 is 2.77 bits per heavy atom. The SMILES string of the molecule is CN(C)CC/C=C1/c2ccccc2CSc2cc(Cl)ccc21. The highest BCUT2D eigenvalue weighted by Crippen LogP contribution is 2.41. The number of fused-ring (bicyclic) bond motifs is 2. The van der Waals surface area contributed by atoms with Crippen molar-refractivity contribution in [2.24, 2.45) is 0 Å². The van der Waals surface area contributed by atoms with E-state index in [4.69, 9.17) is 11.6 Å². The molecule has 0 N–H and O–H groups in total. The number of benzene rings is 2. The molecule has 2 aromatic rings. The van der Waals surface area contributed by atoms with Gasteiger partial charge in [-0.1, -0.05) is 48.0 Å². The van der Waals surface area contributed by atoms with Crippen molar-refractivity contribution in [3.63, 3.8) is 0 Å². The molecule has 114 valence electrons. The molecule has 3 heteroatoms. The third-order valence-electron chi connectivity index (χ3n) is 3.85. The largest absolute Gasteiger partial charge is 0.309 e. The predicted octanol–water partition coefficient (Wildman–Crippen LogP) is 5.33. The van der Waals surface area contributed by atoms with Crippen LogP contribution in [0.25, 0.3) is 5.57 Å². The summed E-state index contributed by atoms with van der Waals surface area (Å²) in [5.74, 6) is 0.995. The van der Waals surface area contributed by atoms with Crippen LogP contribution in [0.1, 0.15) is 23.1 Å². The van der Waals surface area contributed by atoms with Gasteiger partial charge in [-0.15, -0.1) is 11.8 Å². The average molecular weight is 330 g/mol. The van der Waals surface area contributed by atoms with Crippen LogP contribution in [0.5, 0.6) is 0 Å². The van der Waals surface area contributed by atoms with Crippen LogP contribution in [0.15, 0.2) is 53.4 Å². The summed E-state index contributed by atoms with van der Waals surface area (Å²) in [5.41, 5.74) is 5.40. The minimum Gasteiger partial charge on any atom is -0.309 e. The molecular weight excluding hydrogens is 310 g/mol. The van der Waals surface area contributed by atoms with Gasteiger partial charge in [0.15, 0.2) is 0 Å². The van der Waals surface area contributed by atoms with E-state index in [-0.39, 0.29) is 0 Å². The van der Waals surface area contributed by atoms with Crippen molar-refractivity contribution in [2.75, 3.05) is 20.6 Å². The summed E-state index contributed by atoms with van der Waals surface area (Å²) in [5, 5.41) is 0.810. The molecule has 1 nitrogen and oxygen atoms in total. The monoisotopic (exact) mass is 329 g/mol. The minimum absolute atomic E-state index is 0.810. The summed E-state index contributed by atoms with van der Waals surface area (Å²) < 4.78 is 0. The van der Waals surface area contributed by atoms with Gasteiger partial charge in [0.25, 0.3) is 0 Å². The Labute approximate surface area is 142 Å². The van der Waals surface area contributed by atoms with Crippen molar-refractivity contribution in [3.8, 4) is 0 Å². The molecule has 0 aromatic heterocycles. The van der Waals surface area contributed by atoms with Gasteiger partial charge in [-0.05, 0) is 54.9 Å². The quantitative estimate of drug-likeness (QED) is 0.748. The molecule has 1 aliphatic rings. The molecule has 22 heavy (non-hydrogen) atoms. The zero-order valence-corrected chi connectivity index (χ0v) is 14.5. The smallest absolute Gasteiger partial charge is 0.0417 e. The second-order valence-corrected chi connectivity index (χ2v) is 7.25. The number of hydrogen-bond donors (Lipinski definition) is 0. The zero-order chi connectivity index (χ0) is 15.5. The van der Waals surface area contributed by atoms with Crippen molar-refractivity contribution in [1.82, 2.24) is 4.90 Å². The molecule has 1 aliphatic heterocycles. The maximum Gasteiger partial charge on any atom is 0.0417 e. The zero-order valence-electron chi connectivity index (χ0n) is 13.0. The van der Waals surface area contributed by atoms with E-state index in [1.54, 1.807) is 0 Å². The number of hydrogen-bond acceptors (Lipinski definition) is 2. The molecular formula is C19H20ClNS. The first-order valence-corrected chi connectivity index (χ1v) is 8.87. The van der Waals surface area contributed by atoms with E-state index in [1.807, 2.05) is 17.8 Å². The Balaban J connectivity index is 2.08. The first-order valence-electron chi connectivity index (χ1n) is 7.51. The molecule has 2 aromatic carbocycles. The van der Waals surface area contributed by atoms with Crippen molar-refractivity contribution >= 4 is 28.9 Å². The Morgan fingerprint density at radius 2 is 1.95 bits per heavy atom. The van der Waals surface area contributed by atoms with Crippen LogP contribution in [0.4, 0.5) is 0 Å². The number of thioether (sulfide) groups is 1. The van der Waals surface area contributed by atoms with Crippen molar-refractivity contribution < 1.29 is 0 Å². The highest BCUT2D eigenvalue weighted by molar-refractivity contribution is 7.98. The van der Waals surface area contributed by atoms with E-state index in [9.17, 15) is 0 Å². The van der Waals surface area contributed by atoms with Gasteiger partial charge in [0.2, 0.25) is 0 Å². The van der Waals surface area contributed by atoms with E-state index in [0.29, 0.717) is 0 Å². The van der Waals surface area contributed by atoms with E-state index in [1.165, 1.54) is 27.2 Å². The maximum atomic E-state index is 6.20. The molecule has 0 spiro atoms. The third-order valence-corrected chi connectivity index (χ3v) is 5.19. The lowest BCUT2D eigenvalue weighted by Crippen LogP contribution is -2.12. The second-order valence-electron chi connectivity index (χ2n) is 5.80. The van der Waals surface area contributed by atoms with E-state index in [2.05, 4.69) is 61.5 Å². The Hall–Kier alpha value is -1.22. The summed E-state index contributed by atoms with van der Waals surface area (Å²) >= 11 is 8.07. The first-order chi connectivity index (χ1) is 10.6. The van der Waals surface area contributed by atoms with Crippen molar-refractivity contribution in [2.45, 2.75) is 17.1 Å². The van der Waals surface area contributed by atoms with Gasteiger partial charge in [-0.25, -0.2) is 0 Å². The minimum atomic E-state index is 0.810. The maximum absolute atomic E-state index is 6.20. The van der Waals surface area contributed by atoms with Crippen LogP contribution in [-0.2, 0) is 5.75 Å². The van der Waals surface area contributed by atoms with Crippen molar-refractivity contribution in [1.29, 1.82) is 0 Å². The third kappa shape index (κ3) is 3.40. The Bertz CT molecular complexity index is 706. The highest BCUT2D eigenvalue weighted by Gasteiger charge is 2.18. The van der Waals surface area contributed by atoms with Crippen molar-refractivity contribution in [3.05, 3.63) is 70.3 Å². The Morgan fingerprint density at radius 1 is 1.14 bits per heavy atom. The topological polar surface area (TPSA) is 3.24 Å². The normalized spacial score (nSPS) is 15.5. The lowest BCUT2D eigenvalue weighted by atomic mass is 9.93. The van der Waals surface area contributed by atoms with Crippen LogP contribution < -0.4 is 0 Å². The van der Waals surface area contributed by atoms with E-state index in [0.717, 1.165) is 23.7 Å². The highest BCUT2D eigenvalue weighted by atomic mass is 35.5. The first kappa shape index (κ1) is 15.7. The molecule has 1 heterocycles. The van der Waals surface area contributed by atoms with Crippen LogP contribution in [0, 0.1) is 0 Å². The molecule has 0 radical (unpaired) electrons. The van der Waals surface area contributed by atoms with Gasteiger partial charge in [-0.3, -0.25) is 0 Å². The lowest BCUT2D eigenvalue weighted by Gasteiger charge is -2.13. The van der Waals surface area contributed by atoms with Crippen LogP contribution in [-0.4, -0.2) is 25.5 Å². The van der Waals surface area contributed by atoms with Crippen LogP contribution in [0.3, 0.4) is 0 Å². The van der Waals surface area contributed by atoms with Gasteiger partial charge in [0.1, 0.15) is 0 Å². The number of rotatable bonds is 3. The fourth-order valence-corrected chi connectivity index (χ4v) is 4.08. The predicted molar refractivity (Wildman–Crippen MR) is 97.7 cm³/mol. The van der Waals surface area contributed by atoms with E-state index >= 15 is 0 Å². The van der Waals surface area contributed by atoms with Gasteiger partial charge >= 0.3 is 0 Å². The Kier molecular flexibility index (Phi) is 4.92. The summed E-state index contributed by atoms with van der Waals surface area (Å²) in [6.45, 7) is 1.06. The van der Waals surface area contributed by atoms with Gasteiger partial charge < -0.3 is 4.90 Å². The standard InChI is InChI=1S/C19H20ClNS/c1-21(2)11-5-8-17-16-7-4-3-6-14(16)13-22-19-12-15(20)9-10-18(17)19/h3-4,6-10,12H,5,11,13H2,1-2H3/b17-8-. The van der Waals surface area contributed by atoms with Crippen LogP contribution >= 0.6 is 23.4 Å². The summed E-state index contributed by atoms with van der Waals surface area (Å²) in [6, 6.07) is 15.0. The summed E-state index contributed by atoms with van der Waals surface area (Å²) in [6.07, 6.45) is 3.42. The fourth-order valence-electron chi connectivity index (χ4n) is 2.73. The van der Waals surface area contributed by atoms with Gasteiger partial charge in [0, 0.05) is 22.2 Å². The average Bonchev–Trinajstić information content (AvgIpc) is 2.64. The molecule has 0 fully saturated rings. The molecule has 0 aliphatic carbocycles. The van der Waals surface area contributed by atoms with Gasteiger partial charge in [-0.2, -0.15) is 0 Å². The summed E-state index contributed by atoms with van der Waals surface area (Å²) in [4.78, 5) is 3.50. The van der Waals surface area contributed by atoms with Crippen LogP contribution in [0.2, 0.25) is 5.02 Å². The van der Waals surface area contributed by atoms with Gasteiger partial charge in [0.05, 0.1) is 0 Å². The summed E-state index contributed by atoms with van der Waals surface area (Å²) in [7, 11) is 4.23. The molecule has 3 rings (SSSR count). The number of halogens is 1. The second kappa shape index (κ2) is 6.91. The molecule has 0 amide bonds. The molecule has 0 saturated carbocycles. The fraction of sp³-hybridized carbons (Fsp3) is 0.263.